The summed E-state index contributed by atoms with van der Waals surface area (Å²) < 4.78 is 0. The van der Waals surface area contributed by atoms with Crippen LogP contribution in [0.2, 0.25) is 5.02 Å². The van der Waals surface area contributed by atoms with Gasteiger partial charge >= 0.3 is 0 Å². The topological polar surface area (TPSA) is 81.6 Å². The first-order chi connectivity index (χ1) is 12.1. The third-order valence-electron chi connectivity index (χ3n) is 3.32. The second-order valence-electron chi connectivity index (χ2n) is 5.03. The van der Waals surface area contributed by atoms with Gasteiger partial charge in [0.1, 0.15) is 5.75 Å². The van der Waals surface area contributed by atoms with Crippen LogP contribution in [-0.2, 0) is 0 Å². The van der Waals surface area contributed by atoms with Crippen LogP contribution in [0.3, 0.4) is 0 Å². The Labute approximate surface area is 154 Å². The number of aromatic nitrogens is 1. The van der Waals surface area contributed by atoms with Gasteiger partial charge in [0.25, 0.3) is 0 Å². The average molecular weight is 372 g/mol. The van der Waals surface area contributed by atoms with Gasteiger partial charge in [-0.05, 0) is 48.6 Å². The Balaban J connectivity index is 1.60. The van der Waals surface area contributed by atoms with Crippen LogP contribution in [0.25, 0.3) is 10.9 Å². The minimum Gasteiger partial charge on any atom is -0.507 e. The van der Waals surface area contributed by atoms with Crippen LogP contribution in [0.15, 0.2) is 59.8 Å². The lowest BCUT2D eigenvalue weighted by Gasteiger charge is -2.12. The summed E-state index contributed by atoms with van der Waals surface area (Å²) in [7, 11) is 0. The van der Waals surface area contributed by atoms with Gasteiger partial charge < -0.3 is 5.11 Å². The minimum atomic E-state index is 0.145. The summed E-state index contributed by atoms with van der Waals surface area (Å²) in [6.45, 7) is 0. The van der Waals surface area contributed by atoms with Gasteiger partial charge in [-0.1, -0.05) is 23.7 Å². The van der Waals surface area contributed by atoms with Crippen molar-refractivity contribution in [2.75, 3.05) is 5.43 Å². The number of para-hydroxylation sites is 1. The molecular weight excluding hydrogens is 358 g/mol. The fraction of sp³-hybridized carbons (Fsp3) is 0. The van der Waals surface area contributed by atoms with E-state index in [1.165, 1.54) is 6.21 Å². The van der Waals surface area contributed by atoms with E-state index in [4.69, 9.17) is 23.8 Å². The van der Waals surface area contributed by atoms with Crippen molar-refractivity contribution in [3.05, 3.63) is 65.3 Å². The van der Waals surface area contributed by atoms with E-state index in [1.807, 2.05) is 12.1 Å². The second-order valence-corrected chi connectivity index (χ2v) is 5.87. The van der Waals surface area contributed by atoms with E-state index in [0.29, 0.717) is 10.6 Å². The number of nitrogens with zero attached hydrogens (tertiary/aromatic N) is 2. The summed E-state index contributed by atoms with van der Waals surface area (Å²) in [5.74, 6) is 0.145. The molecule has 0 aliphatic rings. The van der Waals surface area contributed by atoms with Gasteiger partial charge in [0.05, 0.1) is 17.4 Å². The summed E-state index contributed by atoms with van der Waals surface area (Å²) >= 11 is 11.1. The Morgan fingerprint density at radius 2 is 2.04 bits per heavy atom. The number of rotatable bonds is 4. The number of hydrazine groups is 1. The first-order valence-electron chi connectivity index (χ1n) is 7.31. The van der Waals surface area contributed by atoms with Crippen LogP contribution < -0.4 is 16.3 Å². The number of benzene rings is 2. The minimum absolute atomic E-state index is 0.145. The van der Waals surface area contributed by atoms with Crippen LogP contribution >= 0.6 is 23.8 Å². The lowest BCUT2D eigenvalue weighted by atomic mass is 10.2. The Morgan fingerprint density at radius 3 is 2.88 bits per heavy atom. The standard InChI is InChI=1S/C17H14ClN5OS/c18-12-5-6-13-14(7-8-19-15(13)9-12)21-23-17(25)22-20-10-11-3-1-2-4-16(11)24/h1-10,24H,(H,19,21)(H2,22,23,25)/b20-10+. The largest absolute Gasteiger partial charge is 0.507 e. The number of halogens is 1. The van der Waals surface area contributed by atoms with Crippen molar-refractivity contribution in [3.63, 3.8) is 0 Å². The molecule has 8 heteroatoms. The molecule has 0 amide bonds. The molecule has 1 heterocycles. The molecule has 3 rings (SSSR count). The predicted octanol–water partition coefficient (Wildman–Crippen LogP) is 3.42. The molecule has 0 spiro atoms. The average Bonchev–Trinajstić information content (AvgIpc) is 2.61. The quantitative estimate of drug-likeness (QED) is 0.319. The Morgan fingerprint density at radius 1 is 1.20 bits per heavy atom. The van der Waals surface area contributed by atoms with Crippen LogP contribution in [0, 0.1) is 0 Å². The van der Waals surface area contributed by atoms with Gasteiger partial charge in [0.15, 0.2) is 0 Å². The van der Waals surface area contributed by atoms with Crippen molar-refractivity contribution >= 4 is 51.7 Å². The van der Waals surface area contributed by atoms with Crippen molar-refractivity contribution in [1.29, 1.82) is 0 Å². The zero-order valence-corrected chi connectivity index (χ0v) is 14.5. The fourth-order valence-corrected chi connectivity index (χ4v) is 2.41. The number of thiocarbonyl (C=S) groups is 1. The molecule has 0 fully saturated rings. The molecule has 25 heavy (non-hydrogen) atoms. The lowest BCUT2D eigenvalue weighted by molar-refractivity contribution is 0.474. The van der Waals surface area contributed by atoms with E-state index >= 15 is 0 Å². The molecule has 4 N–H and O–H groups in total. The Hall–Kier alpha value is -2.90. The van der Waals surface area contributed by atoms with Crippen LogP contribution in [0.1, 0.15) is 5.56 Å². The van der Waals surface area contributed by atoms with E-state index in [0.717, 1.165) is 16.6 Å². The molecule has 1 aromatic heterocycles. The van der Waals surface area contributed by atoms with Crippen LogP contribution in [-0.4, -0.2) is 21.4 Å². The molecule has 0 saturated carbocycles. The Bertz CT molecular complexity index is 947. The van der Waals surface area contributed by atoms with Crippen molar-refractivity contribution < 1.29 is 5.11 Å². The Kier molecular flexibility index (Phi) is 5.27. The van der Waals surface area contributed by atoms with E-state index in [1.54, 1.807) is 42.6 Å². The molecule has 3 aromatic rings. The highest BCUT2D eigenvalue weighted by Crippen LogP contribution is 2.23. The molecule has 0 aliphatic carbocycles. The number of anilines is 1. The highest BCUT2D eigenvalue weighted by molar-refractivity contribution is 7.80. The zero-order chi connectivity index (χ0) is 17.6. The van der Waals surface area contributed by atoms with Crippen LogP contribution in [0.4, 0.5) is 5.69 Å². The van der Waals surface area contributed by atoms with E-state index in [-0.39, 0.29) is 10.9 Å². The molecule has 0 bridgehead atoms. The van der Waals surface area contributed by atoms with Gasteiger partial charge in [-0.2, -0.15) is 5.10 Å². The van der Waals surface area contributed by atoms with Crippen LogP contribution in [0.5, 0.6) is 5.75 Å². The highest BCUT2D eigenvalue weighted by Gasteiger charge is 2.03. The second kappa shape index (κ2) is 7.78. The molecule has 0 aliphatic heterocycles. The first-order valence-corrected chi connectivity index (χ1v) is 8.09. The smallest absolute Gasteiger partial charge is 0.205 e. The van der Waals surface area contributed by atoms with Gasteiger partial charge in [-0.3, -0.25) is 21.3 Å². The zero-order valence-electron chi connectivity index (χ0n) is 12.9. The summed E-state index contributed by atoms with van der Waals surface area (Å²) in [5.41, 5.74) is 10.7. The van der Waals surface area contributed by atoms with E-state index in [2.05, 4.69) is 26.4 Å². The summed E-state index contributed by atoms with van der Waals surface area (Å²) in [5, 5.41) is 15.4. The number of pyridine rings is 1. The SMILES string of the molecule is Oc1ccccc1/C=N/NC(=S)NNc1ccnc2cc(Cl)ccc12. The number of hydrogen-bond acceptors (Lipinski definition) is 5. The van der Waals surface area contributed by atoms with Crippen molar-refractivity contribution in [3.8, 4) is 5.75 Å². The van der Waals surface area contributed by atoms with Gasteiger partial charge in [0, 0.05) is 22.2 Å². The monoisotopic (exact) mass is 371 g/mol. The lowest BCUT2D eigenvalue weighted by Crippen LogP contribution is -2.36. The number of hydrogen-bond donors (Lipinski definition) is 4. The van der Waals surface area contributed by atoms with E-state index < -0.39 is 0 Å². The molecule has 0 atom stereocenters. The highest BCUT2D eigenvalue weighted by atomic mass is 35.5. The number of hydrazone groups is 1. The number of phenols is 1. The molecule has 126 valence electrons. The summed E-state index contributed by atoms with van der Waals surface area (Å²) in [6, 6.07) is 14.1. The van der Waals surface area contributed by atoms with Crippen molar-refractivity contribution in [2.45, 2.75) is 0 Å². The number of nitrogens with one attached hydrogen (secondary N) is 3. The summed E-state index contributed by atoms with van der Waals surface area (Å²) in [6.07, 6.45) is 3.16. The molecule has 0 saturated heterocycles. The third kappa shape index (κ3) is 4.34. The molecule has 6 nitrogen and oxygen atoms in total. The number of aromatic hydroxyl groups is 1. The van der Waals surface area contributed by atoms with Gasteiger partial charge in [-0.25, -0.2) is 0 Å². The molecular formula is C17H14ClN5OS. The molecule has 2 aromatic carbocycles. The summed E-state index contributed by atoms with van der Waals surface area (Å²) in [4.78, 5) is 4.27. The maximum Gasteiger partial charge on any atom is 0.205 e. The molecule has 0 unspecified atom stereocenters. The first kappa shape index (κ1) is 16.9. The predicted molar refractivity (Wildman–Crippen MR) is 105 cm³/mol. The van der Waals surface area contributed by atoms with E-state index in [9.17, 15) is 5.11 Å². The van der Waals surface area contributed by atoms with Crippen molar-refractivity contribution in [2.24, 2.45) is 5.10 Å². The van der Waals surface area contributed by atoms with Crippen molar-refractivity contribution in [1.82, 2.24) is 15.8 Å². The van der Waals surface area contributed by atoms with Gasteiger partial charge in [-0.15, -0.1) is 0 Å². The number of fused-ring (bicyclic) bond motifs is 1. The normalized spacial score (nSPS) is 10.8. The maximum absolute atomic E-state index is 9.65. The number of phenolic OH excluding ortho intramolecular Hbond substituents is 1. The van der Waals surface area contributed by atoms with Gasteiger partial charge in [0.2, 0.25) is 5.11 Å². The molecule has 0 radical (unpaired) electrons. The fourth-order valence-electron chi connectivity index (χ4n) is 2.14. The third-order valence-corrected chi connectivity index (χ3v) is 3.75. The maximum atomic E-state index is 9.65.